The molecule has 2 heterocycles. The van der Waals surface area contributed by atoms with Crippen LogP contribution in [0.5, 0.6) is 17.2 Å². The van der Waals surface area contributed by atoms with Crippen LogP contribution in [0.25, 0.3) is 11.3 Å². The second-order valence-corrected chi connectivity index (χ2v) is 10.7. The molecule has 0 spiro atoms. The number of methoxy groups -OCH3 is 1. The first kappa shape index (κ1) is 27.9. The summed E-state index contributed by atoms with van der Waals surface area (Å²) in [7, 11) is 1.60. The first-order chi connectivity index (χ1) is 19.3. The van der Waals surface area contributed by atoms with E-state index in [0.717, 1.165) is 36.0 Å². The highest BCUT2D eigenvalue weighted by atomic mass is 35.5. The van der Waals surface area contributed by atoms with Gasteiger partial charge in [0.25, 0.3) is 5.91 Å². The van der Waals surface area contributed by atoms with Crippen LogP contribution in [0.2, 0.25) is 10.0 Å². The van der Waals surface area contributed by atoms with E-state index in [1.54, 1.807) is 30.2 Å². The van der Waals surface area contributed by atoms with Gasteiger partial charge in [0.05, 0.1) is 19.8 Å². The van der Waals surface area contributed by atoms with E-state index in [4.69, 9.17) is 32.7 Å². The number of aromatic amines is 1. The number of H-pyrrole nitrogens is 1. The van der Waals surface area contributed by atoms with Crippen LogP contribution in [0.15, 0.2) is 54.6 Å². The minimum Gasteiger partial charge on any atom is -0.507 e. The molecule has 1 aromatic heterocycles. The van der Waals surface area contributed by atoms with E-state index in [1.807, 2.05) is 43.3 Å². The summed E-state index contributed by atoms with van der Waals surface area (Å²) < 4.78 is 11.7. The highest BCUT2D eigenvalue weighted by Crippen LogP contribution is 2.47. The van der Waals surface area contributed by atoms with Crippen LogP contribution in [0.1, 0.15) is 65.0 Å². The monoisotopic (exact) mass is 579 g/mol. The van der Waals surface area contributed by atoms with Gasteiger partial charge < -0.3 is 19.5 Å². The van der Waals surface area contributed by atoms with Crippen molar-refractivity contribution in [3.8, 4) is 28.5 Å². The molecule has 9 heteroatoms. The Kier molecular flexibility index (Phi) is 8.24. The average molecular weight is 581 g/mol. The number of hydrogen-bond acceptors (Lipinski definition) is 5. The third-order valence-corrected chi connectivity index (χ3v) is 7.98. The van der Waals surface area contributed by atoms with E-state index in [9.17, 15) is 9.90 Å². The molecule has 0 fully saturated rings. The SMILES string of the molecule is CCCCCOc1ccc(C2c3c(-c4cc(Cl)c(C)cc4O)n[nH]c3C(=O)N2Cc2ccccc2Cl)cc1OC. The lowest BCUT2D eigenvalue weighted by atomic mass is 9.94. The zero-order chi connectivity index (χ0) is 28.4. The van der Waals surface area contributed by atoms with Crippen LogP contribution in [-0.2, 0) is 6.54 Å². The number of ether oxygens (including phenoxy) is 2. The predicted octanol–water partition coefficient (Wildman–Crippen LogP) is 7.72. The van der Waals surface area contributed by atoms with Crippen molar-refractivity contribution in [1.82, 2.24) is 15.1 Å². The molecule has 1 atom stereocenters. The number of nitrogens with zero attached hydrogens (tertiary/aromatic N) is 2. The molecule has 0 saturated heterocycles. The largest absolute Gasteiger partial charge is 0.507 e. The zero-order valence-corrected chi connectivity index (χ0v) is 24.1. The number of nitrogens with one attached hydrogen (secondary N) is 1. The van der Waals surface area contributed by atoms with Gasteiger partial charge in [-0.1, -0.05) is 67.2 Å². The van der Waals surface area contributed by atoms with Crippen LogP contribution >= 0.6 is 23.2 Å². The lowest BCUT2D eigenvalue weighted by Gasteiger charge is -2.27. The molecule has 1 aliphatic rings. The van der Waals surface area contributed by atoms with Gasteiger partial charge in [-0.05, 0) is 60.4 Å². The number of carbonyl (C=O) groups is 1. The molecule has 7 nitrogen and oxygen atoms in total. The van der Waals surface area contributed by atoms with Crippen LogP contribution in [0.4, 0.5) is 0 Å². The molecule has 0 bridgehead atoms. The highest BCUT2D eigenvalue weighted by Gasteiger charge is 2.43. The lowest BCUT2D eigenvalue weighted by Crippen LogP contribution is -2.29. The third kappa shape index (κ3) is 5.23. The van der Waals surface area contributed by atoms with E-state index in [1.165, 1.54) is 0 Å². The van der Waals surface area contributed by atoms with Crippen molar-refractivity contribution in [3.05, 3.63) is 92.6 Å². The maximum atomic E-state index is 13.8. The molecule has 1 unspecified atom stereocenters. The molecule has 1 aliphatic heterocycles. The number of halogens is 2. The van der Waals surface area contributed by atoms with Crippen LogP contribution < -0.4 is 9.47 Å². The Bertz CT molecular complexity index is 1550. The fourth-order valence-electron chi connectivity index (χ4n) is 5.09. The fourth-order valence-corrected chi connectivity index (χ4v) is 5.44. The minimum absolute atomic E-state index is 0.0281. The average Bonchev–Trinajstić information content (AvgIpc) is 3.49. The summed E-state index contributed by atoms with van der Waals surface area (Å²) in [6.45, 7) is 4.82. The number of amides is 1. The van der Waals surface area contributed by atoms with E-state index < -0.39 is 6.04 Å². The number of rotatable bonds is 10. The van der Waals surface area contributed by atoms with Crippen molar-refractivity contribution in [2.45, 2.75) is 45.7 Å². The van der Waals surface area contributed by atoms with Gasteiger partial charge >= 0.3 is 0 Å². The Labute approximate surface area is 243 Å². The maximum Gasteiger partial charge on any atom is 0.273 e. The summed E-state index contributed by atoms with van der Waals surface area (Å²) in [6.07, 6.45) is 3.14. The molecule has 0 saturated carbocycles. The fraction of sp³-hybridized carbons (Fsp3) is 0.290. The Balaban J connectivity index is 1.62. The smallest absolute Gasteiger partial charge is 0.273 e. The first-order valence-electron chi connectivity index (χ1n) is 13.3. The van der Waals surface area contributed by atoms with Crippen molar-refractivity contribution < 1.29 is 19.4 Å². The quantitative estimate of drug-likeness (QED) is 0.188. The Morgan fingerprint density at radius 1 is 1.05 bits per heavy atom. The number of aromatic nitrogens is 2. The Morgan fingerprint density at radius 3 is 2.60 bits per heavy atom. The summed E-state index contributed by atoms with van der Waals surface area (Å²) in [4.78, 5) is 15.6. The Morgan fingerprint density at radius 2 is 1.85 bits per heavy atom. The molecular formula is C31H31Cl2N3O4. The predicted molar refractivity (Wildman–Crippen MR) is 157 cm³/mol. The molecule has 0 aliphatic carbocycles. The van der Waals surface area contributed by atoms with Crippen molar-refractivity contribution in [2.75, 3.05) is 13.7 Å². The van der Waals surface area contributed by atoms with Crippen molar-refractivity contribution in [1.29, 1.82) is 0 Å². The second kappa shape index (κ2) is 11.8. The first-order valence-corrected chi connectivity index (χ1v) is 14.0. The van der Waals surface area contributed by atoms with Gasteiger partial charge in [0.15, 0.2) is 11.5 Å². The molecule has 1 amide bonds. The minimum atomic E-state index is -0.546. The van der Waals surface area contributed by atoms with Gasteiger partial charge in [-0.2, -0.15) is 5.10 Å². The van der Waals surface area contributed by atoms with Gasteiger partial charge in [-0.25, -0.2) is 0 Å². The van der Waals surface area contributed by atoms with E-state index in [-0.39, 0.29) is 18.2 Å². The van der Waals surface area contributed by atoms with Crippen LogP contribution in [0, 0.1) is 6.92 Å². The third-order valence-electron chi connectivity index (χ3n) is 7.20. The van der Waals surface area contributed by atoms with Crippen molar-refractivity contribution in [3.63, 3.8) is 0 Å². The van der Waals surface area contributed by atoms with Gasteiger partial charge in [-0.15, -0.1) is 0 Å². The van der Waals surface area contributed by atoms with Crippen LogP contribution in [0.3, 0.4) is 0 Å². The number of aromatic hydroxyl groups is 1. The summed E-state index contributed by atoms with van der Waals surface area (Å²) >= 11 is 12.9. The van der Waals surface area contributed by atoms with Crippen molar-refractivity contribution in [2.24, 2.45) is 0 Å². The molecule has 40 heavy (non-hydrogen) atoms. The second-order valence-electron chi connectivity index (χ2n) is 9.87. The molecule has 2 N–H and O–H groups in total. The van der Waals surface area contributed by atoms with Gasteiger partial charge in [0.1, 0.15) is 17.1 Å². The number of phenols is 1. The van der Waals surface area contributed by atoms with Crippen molar-refractivity contribution >= 4 is 29.1 Å². The summed E-state index contributed by atoms with van der Waals surface area (Å²) in [5, 5.41) is 19.3. The number of phenolic OH excluding ortho intramolecular Hbond substituents is 1. The lowest BCUT2D eigenvalue weighted by molar-refractivity contribution is 0.0730. The summed E-state index contributed by atoms with van der Waals surface area (Å²) in [5.41, 5.74) is 4.24. The van der Waals surface area contributed by atoms with E-state index >= 15 is 0 Å². The molecule has 5 rings (SSSR count). The standard InChI is InChI=1S/C31H31Cl2N3O4/c1-4-5-8-13-40-25-12-11-19(15-26(25)39-3)30-27-28(21-16-23(33)18(2)14-24(21)37)34-35-29(27)31(38)36(30)17-20-9-6-7-10-22(20)32/h6-7,9-12,14-16,30,37H,4-5,8,13,17H2,1-3H3,(H,34,35). The highest BCUT2D eigenvalue weighted by molar-refractivity contribution is 6.32. The summed E-state index contributed by atoms with van der Waals surface area (Å²) in [5.74, 6) is 1.01. The molecule has 0 radical (unpaired) electrons. The number of aryl methyl sites for hydroxylation is 1. The molecule has 3 aromatic carbocycles. The Hall–Kier alpha value is -3.68. The van der Waals surface area contributed by atoms with E-state index in [0.29, 0.717) is 50.7 Å². The molecule has 208 valence electrons. The van der Waals surface area contributed by atoms with Gasteiger partial charge in [0, 0.05) is 27.7 Å². The number of fused-ring (bicyclic) bond motifs is 1. The number of benzene rings is 3. The topological polar surface area (TPSA) is 87.7 Å². The van der Waals surface area contributed by atoms with Gasteiger partial charge in [0.2, 0.25) is 0 Å². The summed E-state index contributed by atoms with van der Waals surface area (Å²) in [6, 6.07) is 15.9. The normalized spacial score (nSPS) is 14.5. The zero-order valence-electron chi connectivity index (χ0n) is 22.6. The maximum absolute atomic E-state index is 13.8. The molecular weight excluding hydrogens is 549 g/mol. The number of hydrogen-bond donors (Lipinski definition) is 2. The molecule has 4 aromatic rings. The van der Waals surface area contributed by atoms with Gasteiger partial charge in [-0.3, -0.25) is 9.89 Å². The van der Waals surface area contributed by atoms with E-state index in [2.05, 4.69) is 17.1 Å². The number of unbranched alkanes of at least 4 members (excludes halogenated alkanes) is 2. The number of carbonyl (C=O) groups excluding carboxylic acids is 1. The van der Waals surface area contributed by atoms with Crippen LogP contribution in [-0.4, -0.2) is 39.8 Å².